The summed E-state index contributed by atoms with van der Waals surface area (Å²) in [6.45, 7) is 7.01. The van der Waals surface area contributed by atoms with Crippen LogP contribution in [-0.4, -0.2) is 42.5 Å². The Kier molecular flexibility index (Phi) is 5.07. The van der Waals surface area contributed by atoms with Gasteiger partial charge in [-0.05, 0) is 57.9 Å². The van der Waals surface area contributed by atoms with E-state index in [0.717, 1.165) is 12.3 Å². The lowest BCUT2D eigenvalue weighted by Crippen LogP contribution is -2.58. The number of amides is 1. The quantitative estimate of drug-likeness (QED) is 0.726. The van der Waals surface area contributed by atoms with E-state index in [2.05, 4.69) is 24.6 Å². The number of nitrogens with one attached hydrogen (secondary N) is 1. The molecule has 2 aliphatic rings. The van der Waals surface area contributed by atoms with Gasteiger partial charge < -0.3 is 11.1 Å². The number of amidine groups is 1. The largest absolute Gasteiger partial charge is 0.386 e. The predicted octanol–water partition coefficient (Wildman–Crippen LogP) is 2.92. The van der Waals surface area contributed by atoms with Gasteiger partial charge in [0.15, 0.2) is 0 Å². The van der Waals surface area contributed by atoms with E-state index in [-0.39, 0.29) is 23.0 Å². The molecule has 2 aromatic heterocycles. The van der Waals surface area contributed by atoms with Gasteiger partial charge in [-0.2, -0.15) is 0 Å². The van der Waals surface area contributed by atoms with Gasteiger partial charge in [-0.25, -0.2) is 27.3 Å². The summed E-state index contributed by atoms with van der Waals surface area (Å²) in [5.41, 5.74) is 5.15. The van der Waals surface area contributed by atoms with E-state index in [0.29, 0.717) is 18.5 Å². The van der Waals surface area contributed by atoms with Crippen LogP contribution in [0, 0.1) is 18.6 Å². The Balaban J connectivity index is 1.76. The van der Waals surface area contributed by atoms with Gasteiger partial charge in [0.2, 0.25) is 0 Å². The lowest BCUT2D eigenvalue weighted by atomic mass is 9.89. The van der Waals surface area contributed by atoms with E-state index in [1.165, 1.54) is 12.1 Å². The third-order valence-corrected chi connectivity index (χ3v) is 9.92. The molecule has 11 heteroatoms. The third kappa shape index (κ3) is 3.17. The fourth-order valence-corrected chi connectivity index (χ4v) is 7.44. The SMILES string of the molecule is Cc1cc(F)cnc1C(=O)Nc1ccc(F)c([C@@]2(C)N=C(N)C(C)(C)[S@]3(=O)=NCC[C@H]23)n1. The van der Waals surface area contributed by atoms with E-state index in [4.69, 9.17) is 5.73 Å². The number of hydrogen-bond acceptors (Lipinski definition) is 7. The summed E-state index contributed by atoms with van der Waals surface area (Å²) >= 11 is 0. The molecule has 2 aromatic rings. The van der Waals surface area contributed by atoms with Gasteiger partial charge in [0.1, 0.15) is 45.0 Å². The van der Waals surface area contributed by atoms with Crippen molar-refractivity contribution in [2.24, 2.45) is 15.1 Å². The minimum atomic E-state index is -2.85. The van der Waals surface area contributed by atoms with Crippen LogP contribution in [0.3, 0.4) is 0 Å². The maximum atomic E-state index is 15.0. The topological polar surface area (TPSA) is 123 Å². The zero-order valence-corrected chi connectivity index (χ0v) is 19.0. The number of carbonyl (C=O) groups is 1. The monoisotopic (exact) mass is 462 g/mol. The molecular weight excluding hydrogens is 438 g/mol. The lowest BCUT2D eigenvalue weighted by Gasteiger charge is -2.44. The minimum Gasteiger partial charge on any atom is -0.386 e. The first-order chi connectivity index (χ1) is 14.9. The molecule has 0 saturated carbocycles. The van der Waals surface area contributed by atoms with E-state index in [1.54, 1.807) is 27.7 Å². The summed E-state index contributed by atoms with van der Waals surface area (Å²) < 4.78 is 45.6. The van der Waals surface area contributed by atoms with Crippen LogP contribution in [0.2, 0.25) is 0 Å². The average Bonchev–Trinajstić information content (AvgIpc) is 3.13. The first kappa shape index (κ1) is 22.3. The Morgan fingerprint density at radius 2 is 2.00 bits per heavy atom. The lowest BCUT2D eigenvalue weighted by molar-refractivity contribution is 0.102. The fourth-order valence-electron chi connectivity index (χ4n) is 4.30. The van der Waals surface area contributed by atoms with Crippen LogP contribution in [-0.2, 0) is 15.3 Å². The molecule has 3 atom stereocenters. The van der Waals surface area contributed by atoms with Crippen LogP contribution in [0.25, 0.3) is 0 Å². The van der Waals surface area contributed by atoms with Crippen molar-refractivity contribution in [1.29, 1.82) is 0 Å². The molecule has 4 heterocycles. The highest BCUT2D eigenvalue weighted by molar-refractivity contribution is 7.96. The van der Waals surface area contributed by atoms with E-state index < -0.39 is 42.8 Å². The van der Waals surface area contributed by atoms with Crippen molar-refractivity contribution in [3.63, 3.8) is 0 Å². The zero-order chi connectivity index (χ0) is 23.5. The Bertz CT molecular complexity index is 1290. The van der Waals surface area contributed by atoms with Crippen LogP contribution >= 0.6 is 0 Å². The number of fused-ring (bicyclic) bond motifs is 1. The number of carbonyl (C=O) groups excluding carboxylic acids is 1. The molecule has 8 nitrogen and oxygen atoms in total. The summed E-state index contributed by atoms with van der Waals surface area (Å²) in [6.07, 6.45) is 1.39. The van der Waals surface area contributed by atoms with Gasteiger partial charge >= 0.3 is 0 Å². The molecule has 3 N–H and O–H groups in total. The molecule has 32 heavy (non-hydrogen) atoms. The van der Waals surface area contributed by atoms with Crippen molar-refractivity contribution in [2.45, 2.75) is 49.7 Å². The normalized spacial score (nSPS) is 28.4. The number of pyridine rings is 2. The molecule has 0 aliphatic carbocycles. The predicted molar refractivity (Wildman–Crippen MR) is 118 cm³/mol. The molecule has 0 unspecified atom stereocenters. The number of aromatic nitrogens is 2. The van der Waals surface area contributed by atoms with Crippen molar-refractivity contribution in [3.05, 3.63) is 53.0 Å². The second-order valence-electron chi connectivity index (χ2n) is 8.65. The van der Waals surface area contributed by atoms with E-state index in [1.807, 2.05) is 0 Å². The second kappa shape index (κ2) is 7.29. The summed E-state index contributed by atoms with van der Waals surface area (Å²) in [6, 6.07) is 3.65. The van der Waals surface area contributed by atoms with Gasteiger partial charge in [-0.3, -0.25) is 9.79 Å². The highest BCUT2D eigenvalue weighted by Gasteiger charge is 2.57. The van der Waals surface area contributed by atoms with Gasteiger partial charge in [-0.15, -0.1) is 0 Å². The van der Waals surface area contributed by atoms with Gasteiger partial charge in [0.05, 0.1) is 21.2 Å². The molecule has 1 amide bonds. The fraction of sp³-hybridized carbons (Fsp3) is 0.429. The third-order valence-electron chi connectivity index (χ3n) is 6.21. The molecule has 0 bridgehead atoms. The number of aliphatic imine (C=N–C) groups is 1. The number of anilines is 1. The minimum absolute atomic E-state index is 0.0181. The summed E-state index contributed by atoms with van der Waals surface area (Å²) in [5.74, 6) is -1.67. The van der Waals surface area contributed by atoms with Crippen LogP contribution in [0.15, 0.2) is 33.8 Å². The second-order valence-corrected chi connectivity index (χ2v) is 11.6. The number of halogens is 2. The van der Waals surface area contributed by atoms with E-state index >= 15 is 4.39 Å². The van der Waals surface area contributed by atoms with Crippen molar-refractivity contribution >= 4 is 27.3 Å². The van der Waals surface area contributed by atoms with Gasteiger partial charge in [0, 0.05) is 6.54 Å². The molecule has 0 saturated heterocycles. The van der Waals surface area contributed by atoms with Crippen LogP contribution in [0.1, 0.15) is 48.9 Å². The van der Waals surface area contributed by atoms with E-state index in [9.17, 15) is 13.4 Å². The molecule has 0 spiro atoms. The molecule has 2 aliphatic heterocycles. The molecule has 0 aromatic carbocycles. The van der Waals surface area contributed by atoms with Crippen molar-refractivity contribution in [3.8, 4) is 0 Å². The highest BCUT2D eigenvalue weighted by Crippen LogP contribution is 2.47. The Morgan fingerprint density at radius 3 is 2.69 bits per heavy atom. The molecule has 170 valence electrons. The van der Waals surface area contributed by atoms with Crippen LogP contribution < -0.4 is 11.1 Å². The zero-order valence-electron chi connectivity index (χ0n) is 18.1. The first-order valence-corrected chi connectivity index (χ1v) is 11.7. The summed E-state index contributed by atoms with van der Waals surface area (Å²) in [7, 11) is -2.85. The summed E-state index contributed by atoms with van der Waals surface area (Å²) in [4.78, 5) is 25.3. The maximum absolute atomic E-state index is 15.0. The highest BCUT2D eigenvalue weighted by atomic mass is 32.2. The number of nitrogens with two attached hydrogens (primary N) is 1. The summed E-state index contributed by atoms with van der Waals surface area (Å²) in [5, 5.41) is 1.97. The smallest absolute Gasteiger partial charge is 0.275 e. The van der Waals surface area contributed by atoms with Crippen molar-refractivity contribution in [1.82, 2.24) is 9.97 Å². The van der Waals surface area contributed by atoms with Crippen molar-refractivity contribution in [2.75, 3.05) is 11.9 Å². The maximum Gasteiger partial charge on any atom is 0.275 e. The van der Waals surface area contributed by atoms with Crippen LogP contribution in [0.4, 0.5) is 14.6 Å². The number of hydrogen-bond donors (Lipinski definition) is 2. The first-order valence-electron chi connectivity index (χ1n) is 10.1. The number of rotatable bonds is 3. The molecular formula is C21H24F2N6O2S. The van der Waals surface area contributed by atoms with Gasteiger partial charge in [0.25, 0.3) is 5.91 Å². The Morgan fingerprint density at radius 1 is 1.28 bits per heavy atom. The number of aryl methyl sites for hydroxylation is 1. The Labute approximate surface area is 184 Å². The number of nitrogens with zero attached hydrogens (tertiary/aromatic N) is 4. The Hall–Kier alpha value is -2.95. The molecule has 0 fully saturated rings. The molecule has 4 rings (SSSR count). The standard InChI is InChI=1S/C21H24F2N6O2S/c1-11-9-12(22)10-25-16(11)18(30)28-15-6-5-13(23)17(27-15)21(4)14-7-8-26-32(14,31)20(2,3)19(24)29-21/h5-6,9-10,14H,7-8H2,1-4H3,(H2,24,29)(H,27,28,30)/t14-,21+,32+/m1/s1. The average molecular weight is 463 g/mol. The van der Waals surface area contributed by atoms with Crippen molar-refractivity contribution < 1.29 is 17.8 Å². The molecule has 0 radical (unpaired) electrons. The van der Waals surface area contributed by atoms with Crippen LogP contribution in [0.5, 0.6) is 0 Å². The van der Waals surface area contributed by atoms with Gasteiger partial charge in [-0.1, -0.05) is 0 Å².